The number of benzene rings is 2. The number of nitrogens with zero attached hydrogens (tertiary/aromatic N) is 1. The van der Waals surface area contributed by atoms with Crippen LogP contribution in [0.5, 0.6) is 5.75 Å². The SMILES string of the molecule is Cc1cc(C)c(OCC(=O)Nc2nc(-c3ccc(Br)cc3)cs2)c(Cl)c1. The van der Waals surface area contributed by atoms with Crippen LogP contribution >= 0.6 is 38.9 Å². The molecule has 0 saturated carbocycles. The maximum absolute atomic E-state index is 12.1. The van der Waals surface area contributed by atoms with E-state index in [1.54, 1.807) is 0 Å². The number of ether oxygens (including phenoxy) is 1. The van der Waals surface area contributed by atoms with E-state index < -0.39 is 0 Å². The Bertz CT molecular complexity index is 918. The molecule has 0 bridgehead atoms. The lowest BCUT2D eigenvalue weighted by Gasteiger charge is -2.11. The van der Waals surface area contributed by atoms with Crippen molar-refractivity contribution >= 4 is 49.9 Å². The summed E-state index contributed by atoms with van der Waals surface area (Å²) in [6, 6.07) is 11.6. The Balaban J connectivity index is 1.62. The second-order valence-corrected chi connectivity index (χ2v) is 7.96. The molecule has 2 aromatic carbocycles. The third-order valence-electron chi connectivity index (χ3n) is 3.61. The Morgan fingerprint density at radius 2 is 2.00 bits per heavy atom. The van der Waals surface area contributed by atoms with Gasteiger partial charge in [0, 0.05) is 15.4 Å². The van der Waals surface area contributed by atoms with Gasteiger partial charge in [-0.25, -0.2) is 4.98 Å². The quantitative estimate of drug-likeness (QED) is 0.528. The van der Waals surface area contributed by atoms with Gasteiger partial charge < -0.3 is 4.74 Å². The average Bonchev–Trinajstić information content (AvgIpc) is 3.03. The number of hydrogen-bond acceptors (Lipinski definition) is 4. The fourth-order valence-corrected chi connectivity index (χ4v) is 3.84. The predicted octanol–water partition coefficient (Wildman–Crippen LogP) is 5.86. The van der Waals surface area contributed by atoms with Gasteiger partial charge in [0.05, 0.1) is 10.7 Å². The number of aromatic nitrogens is 1. The smallest absolute Gasteiger partial charge is 0.264 e. The van der Waals surface area contributed by atoms with Gasteiger partial charge >= 0.3 is 0 Å². The van der Waals surface area contributed by atoms with Crippen LogP contribution in [-0.2, 0) is 4.79 Å². The lowest BCUT2D eigenvalue weighted by molar-refractivity contribution is -0.118. The lowest BCUT2D eigenvalue weighted by atomic mass is 10.1. The van der Waals surface area contributed by atoms with Crippen molar-refractivity contribution in [2.45, 2.75) is 13.8 Å². The molecular formula is C19H16BrClN2O2S. The van der Waals surface area contributed by atoms with Gasteiger partial charge in [0.25, 0.3) is 5.91 Å². The number of amides is 1. The summed E-state index contributed by atoms with van der Waals surface area (Å²) < 4.78 is 6.60. The van der Waals surface area contributed by atoms with E-state index in [0.29, 0.717) is 15.9 Å². The van der Waals surface area contributed by atoms with Crippen molar-refractivity contribution in [1.29, 1.82) is 0 Å². The van der Waals surface area contributed by atoms with Gasteiger partial charge in [-0.1, -0.05) is 45.7 Å². The van der Waals surface area contributed by atoms with Gasteiger partial charge in [0.2, 0.25) is 0 Å². The van der Waals surface area contributed by atoms with Gasteiger partial charge in [0.15, 0.2) is 11.7 Å². The molecule has 0 aliphatic heterocycles. The molecule has 3 rings (SSSR count). The molecule has 3 aromatic rings. The molecule has 4 nitrogen and oxygen atoms in total. The van der Waals surface area contributed by atoms with Crippen LogP contribution in [0.2, 0.25) is 5.02 Å². The zero-order chi connectivity index (χ0) is 18.7. The zero-order valence-corrected chi connectivity index (χ0v) is 17.3. The lowest BCUT2D eigenvalue weighted by Crippen LogP contribution is -2.20. The van der Waals surface area contributed by atoms with E-state index in [9.17, 15) is 4.79 Å². The van der Waals surface area contributed by atoms with Crippen molar-refractivity contribution in [3.63, 3.8) is 0 Å². The molecule has 0 fully saturated rings. The fraction of sp³-hybridized carbons (Fsp3) is 0.158. The van der Waals surface area contributed by atoms with Gasteiger partial charge in [-0.05, 0) is 43.2 Å². The highest BCUT2D eigenvalue weighted by Gasteiger charge is 2.12. The molecule has 7 heteroatoms. The second kappa shape index (κ2) is 8.20. The Kier molecular flexibility index (Phi) is 5.96. The van der Waals surface area contributed by atoms with Crippen LogP contribution in [-0.4, -0.2) is 17.5 Å². The van der Waals surface area contributed by atoms with Crippen LogP contribution in [0.25, 0.3) is 11.3 Å². The zero-order valence-electron chi connectivity index (χ0n) is 14.2. The molecular weight excluding hydrogens is 436 g/mol. The molecule has 1 N–H and O–H groups in total. The summed E-state index contributed by atoms with van der Waals surface area (Å²) in [5, 5.41) is 5.69. The van der Waals surface area contributed by atoms with Gasteiger partial charge in [-0.3, -0.25) is 10.1 Å². The highest BCUT2D eigenvalue weighted by atomic mass is 79.9. The number of halogens is 2. The van der Waals surface area contributed by atoms with E-state index in [-0.39, 0.29) is 12.5 Å². The standard InChI is InChI=1S/C19H16BrClN2O2S/c1-11-7-12(2)18(15(21)8-11)25-9-17(24)23-19-22-16(10-26-19)13-3-5-14(20)6-4-13/h3-8,10H,9H2,1-2H3,(H,22,23,24). The van der Waals surface area contributed by atoms with Crippen molar-refractivity contribution in [3.8, 4) is 17.0 Å². The molecule has 0 spiro atoms. The van der Waals surface area contributed by atoms with Gasteiger partial charge in [0.1, 0.15) is 5.75 Å². The summed E-state index contributed by atoms with van der Waals surface area (Å²) in [6.45, 7) is 3.73. The fourth-order valence-electron chi connectivity index (χ4n) is 2.46. The topological polar surface area (TPSA) is 51.2 Å². The van der Waals surface area contributed by atoms with Crippen molar-refractivity contribution < 1.29 is 9.53 Å². The highest BCUT2D eigenvalue weighted by molar-refractivity contribution is 9.10. The van der Waals surface area contributed by atoms with Crippen LogP contribution in [0.4, 0.5) is 5.13 Å². The number of carbonyl (C=O) groups is 1. The minimum Gasteiger partial charge on any atom is -0.482 e. The predicted molar refractivity (Wildman–Crippen MR) is 110 cm³/mol. The number of rotatable bonds is 5. The molecule has 0 atom stereocenters. The monoisotopic (exact) mass is 450 g/mol. The van der Waals surface area contributed by atoms with Crippen molar-refractivity contribution in [3.05, 3.63) is 62.4 Å². The number of thiazole rings is 1. The molecule has 0 saturated heterocycles. The van der Waals surface area contributed by atoms with E-state index in [4.69, 9.17) is 16.3 Å². The normalized spacial score (nSPS) is 10.6. The Labute approximate surface area is 169 Å². The van der Waals surface area contributed by atoms with E-state index in [1.165, 1.54) is 11.3 Å². The third-order valence-corrected chi connectivity index (χ3v) is 5.18. The first-order valence-electron chi connectivity index (χ1n) is 7.83. The minimum absolute atomic E-state index is 0.128. The van der Waals surface area contributed by atoms with Crippen LogP contribution in [0.1, 0.15) is 11.1 Å². The van der Waals surface area contributed by atoms with Crippen LogP contribution < -0.4 is 10.1 Å². The third kappa shape index (κ3) is 4.63. The number of anilines is 1. The van der Waals surface area contributed by atoms with Crippen molar-refractivity contribution in [2.24, 2.45) is 0 Å². The summed E-state index contributed by atoms with van der Waals surface area (Å²) >= 11 is 11.0. The molecule has 0 radical (unpaired) electrons. The van der Waals surface area contributed by atoms with Gasteiger partial charge in [-0.15, -0.1) is 11.3 Å². The number of nitrogens with one attached hydrogen (secondary N) is 1. The molecule has 26 heavy (non-hydrogen) atoms. The first-order valence-corrected chi connectivity index (χ1v) is 9.88. The molecule has 1 heterocycles. The summed E-state index contributed by atoms with van der Waals surface area (Å²) in [6.07, 6.45) is 0. The highest BCUT2D eigenvalue weighted by Crippen LogP contribution is 2.30. The van der Waals surface area contributed by atoms with E-state index in [1.807, 2.05) is 55.6 Å². The summed E-state index contributed by atoms with van der Waals surface area (Å²) in [7, 11) is 0. The Hall–Kier alpha value is -1.89. The molecule has 0 aliphatic rings. The molecule has 1 amide bonds. The average molecular weight is 452 g/mol. The Morgan fingerprint density at radius 3 is 2.69 bits per heavy atom. The van der Waals surface area contributed by atoms with Crippen LogP contribution in [0.15, 0.2) is 46.3 Å². The van der Waals surface area contributed by atoms with Gasteiger partial charge in [-0.2, -0.15) is 0 Å². The maximum atomic E-state index is 12.1. The maximum Gasteiger partial charge on any atom is 0.264 e. The van der Waals surface area contributed by atoms with E-state index in [2.05, 4.69) is 26.2 Å². The Morgan fingerprint density at radius 1 is 1.27 bits per heavy atom. The largest absolute Gasteiger partial charge is 0.482 e. The van der Waals surface area contributed by atoms with E-state index in [0.717, 1.165) is 26.9 Å². The summed E-state index contributed by atoms with van der Waals surface area (Å²) in [5.74, 6) is 0.250. The van der Waals surface area contributed by atoms with E-state index >= 15 is 0 Å². The summed E-state index contributed by atoms with van der Waals surface area (Å²) in [4.78, 5) is 16.6. The molecule has 0 unspecified atom stereocenters. The minimum atomic E-state index is -0.280. The van der Waals surface area contributed by atoms with Crippen molar-refractivity contribution in [1.82, 2.24) is 4.98 Å². The number of hydrogen-bond donors (Lipinski definition) is 1. The summed E-state index contributed by atoms with van der Waals surface area (Å²) in [5.41, 5.74) is 3.75. The second-order valence-electron chi connectivity index (χ2n) is 5.77. The van der Waals surface area contributed by atoms with Crippen LogP contribution in [0, 0.1) is 13.8 Å². The van der Waals surface area contributed by atoms with Crippen molar-refractivity contribution in [2.75, 3.05) is 11.9 Å². The number of carbonyl (C=O) groups excluding carboxylic acids is 1. The first-order chi connectivity index (χ1) is 12.4. The molecule has 1 aromatic heterocycles. The molecule has 134 valence electrons. The number of aryl methyl sites for hydroxylation is 2. The molecule has 0 aliphatic carbocycles. The first kappa shape index (κ1) is 18.9. The van der Waals surface area contributed by atoms with Crippen LogP contribution in [0.3, 0.4) is 0 Å².